The fourth-order valence-corrected chi connectivity index (χ4v) is 5.12. The molecule has 1 saturated carbocycles. The van der Waals surface area contributed by atoms with E-state index in [2.05, 4.69) is 38.1 Å². The Bertz CT molecular complexity index is 1030. The predicted octanol–water partition coefficient (Wildman–Crippen LogP) is 6.43. The summed E-state index contributed by atoms with van der Waals surface area (Å²) in [6, 6.07) is 13.2. The zero-order valence-corrected chi connectivity index (χ0v) is 19.5. The Kier molecular flexibility index (Phi) is 6.39. The Balaban J connectivity index is 1.64. The van der Waals surface area contributed by atoms with Crippen LogP contribution in [0, 0.1) is 18.8 Å². The molecule has 0 saturated heterocycles. The number of halogens is 3. The van der Waals surface area contributed by atoms with Gasteiger partial charge in [0.1, 0.15) is 11.4 Å². The van der Waals surface area contributed by atoms with Crippen LogP contribution < -0.4 is 0 Å². The van der Waals surface area contributed by atoms with Crippen molar-refractivity contribution in [3.63, 3.8) is 0 Å². The van der Waals surface area contributed by atoms with Crippen molar-refractivity contribution < 1.29 is 18.0 Å². The molecule has 0 unspecified atom stereocenters. The quantitative estimate of drug-likeness (QED) is 0.510. The van der Waals surface area contributed by atoms with Crippen LogP contribution in [0.4, 0.5) is 13.2 Å². The van der Waals surface area contributed by atoms with Crippen molar-refractivity contribution in [2.24, 2.45) is 16.8 Å². The molecule has 1 aliphatic carbocycles. The first-order valence-electron chi connectivity index (χ1n) is 11.7. The third kappa shape index (κ3) is 4.85. The van der Waals surface area contributed by atoms with Crippen molar-refractivity contribution in [2.75, 3.05) is 6.54 Å². The zero-order valence-electron chi connectivity index (χ0n) is 19.5. The van der Waals surface area contributed by atoms with Crippen LogP contribution in [0.1, 0.15) is 61.8 Å². The molecule has 1 aliphatic heterocycles. The summed E-state index contributed by atoms with van der Waals surface area (Å²) in [5, 5.41) is 0. The topological polar surface area (TPSA) is 32.7 Å². The maximum Gasteiger partial charge on any atom is 0.416 e. The maximum atomic E-state index is 13.5. The van der Waals surface area contributed by atoms with Crippen molar-refractivity contribution in [1.29, 1.82) is 0 Å². The van der Waals surface area contributed by atoms with E-state index in [1.165, 1.54) is 11.6 Å². The van der Waals surface area contributed by atoms with E-state index in [-0.39, 0.29) is 17.2 Å². The molecule has 2 aliphatic rings. The van der Waals surface area contributed by atoms with Gasteiger partial charge in [-0.1, -0.05) is 55.8 Å². The van der Waals surface area contributed by atoms with Gasteiger partial charge in [-0.2, -0.15) is 13.2 Å². The molecule has 33 heavy (non-hydrogen) atoms. The summed E-state index contributed by atoms with van der Waals surface area (Å²) in [5.41, 5.74) is 1.30. The van der Waals surface area contributed by atoms with Crippen LogP contribution in [0.5, 0.6) is 0 Å². The molecule has 6 heteroatoms. The lowest BCUT2D eigenvalue weighted by atomic mass is 9.76. The van der Waals surface area contributed by atoms with Gasteiger partial charge in [-0.15, -0.1) is 0 Å². The number of nitrogens with zero attached hydrogens (tertiary/aromatic N) is 2. The molecule has 0 bridgehead atoms. The summed E-state index contributed by atoms with van der Waals surface area (Å²) in [7, 11) is 0. The maximum absolute atomic E-state index is 13.5. The molecule has 1 amide bonds. The first-order valence-corrected chi connectivity index (χ1v) is 11.7. The van der Waals surface area contributed by atoms with Crippen LogP contribution in [-0.2, 0) is 17.4 Å². The molecular weight excluding hydrogens is 425 g/mol. The molecule has 1 spiro atoms. The Morgan fingerprint density at radius 2 is 1.76 bits per heavy atom. The normalized spacial score (nSPS) is 23.5. The second kappa shape index (κ2) is 8.96. The molecule has 3 nitrogen and oxygen atoms in total. The van der Waals surface area contributed by atoms with Crippen LogP contribution in [0.25, 0.3) is 0 Å². The highest BCUT2D eigenvalue weighted by Crippen LogP contribution is 2.44. The van der Waals surface area contributed by atoms with E-state index < -0.39 is 17.4 Å². The minimum atomic E-state index is -4.46. The molecule has 0 radical (unpaired) electrons. The van der Waals surface area contributed by atoms with Crippen LogP contribution in [0.15, 0.2) is 53.5 Å². The number of rotatable bonds is 5. The lowest BCUT2D eigenvalue weighted by Crippen LogP contribution is -2.50. The van der Waals surface area contributed by atoms with E-state index >= 15 is 0 Å². The summed E-state index contributed by atoms with van der Waals surface area (Å²) in [5.74, 6) is 0.884. The number of hydrogen-bond donors (Lipinski definition) is 0. The predicted molar refractivity (Wildman–Crippen MR) is 124 cm³/mol. The average molecular weight is 457 g/mol. The van der Waals surface area contributed by atoms with E-state index in [9.17, 15) is 18.0 Å². The number of aryl methyl sites for hydroxylation is 1. The van der Waals surface area contributed by atoms with Crippen LogP contribution in [0.2, 0.25) is 0 Å². The molecule has 2 aromatic carbocycles. The first-order chi connectivity index (χ1) is 15.6. The van der Waals surface area contributed by atoms with Gasteiger partial charge in [-0.05, 0) is 68.6 Å². The number of alkyl halides is 3. The molecule has 2 aromatic rings. The number of hydrogen-bond acceptors (Lipinski definition) is 2. The van der Waals surface area contributed by atoms with Gasteiger partial charge in [0.15, 0.2) is 0 Å². The van der Waals surface area contributed by atoms with Crippen LogP contribution >= 0.6 is 0 Å². The van der Waals surface area contributed by atoms with Gasteiger partial charge >= 0.3 is 6.18 Å². The average Bonchev–Trinajstić information content (AvgIpc) is 3.04. The minimum Gasteiger partial charge on any atom is -0.312 e. The van der Waals surface area contributed by atoms with Gasteiger partial charge in [-0.25, -0.2) is 0 Å². The van der Waals surface area contributed by atoms with Gasteiger partial charge in [0.25, 0.3) is 5.91 Å². The molecule has 0 atom stereocenters. The minimum absolute atomic E-state index is 0.160. The SMILES string of the molecule is Cc1ccc(CCN2C(=O)C(c3cccc(C(F)(F)F)c3)=NC23CCC(C(C)C)CC3)cc1. The Morgan fingerprint density at radius 3 is 2.36 bits per heavy atom. The van der Waals surface area contributed by atoms with E-state index in [4.69, 9.17) is 4.99 Å². The third-order valence-corrected chi connectivity index (χ3v) is 7.25. The number of carbonyl (C=O) groups is 1. The highest BCUT2D eigenvalue weighted by atomic mass is 19.4. The van der Waals surface area contributed by atoms with Crippen molar-refractivity contribution in [2.45, 2.75) is 64.7 Å². The molecule has 1 fully saturated rings. The summed E-state index contributed by atoms with van der Waals surface area (Å²) < 4.78 is 39.9. The van der Waals surface area contributed by atoms with Crippen molar-refractivity contribution >= 4 is 11.6 Å². The van der Waals surface area contributed by atoms with Crippen LogP contribution in [-0.4, -0.2) is 28.7 Å². The van der Waals surface area contributed by atoms with E-state index in [1.54, 1.807) is 6.07 Å². The van der Waals surface area contributed by atoms with Gasteiger partial charge in [0.05, 0.1) is 5.56 Å². The van der Waals surface area contributed by atoms with E-state index in [1.807, 2.05) is 11.8 Å². The number of benzene rings is 2. The van der Waals surface area contributed by atoms with Crippen LogP contribution in [0.3, 0.4) is 0 Å². The highest BCUT2D eigenvalue weighted by molar-refractivity contribution is 6.46. The second-order valence-electron chi connectivity index (χ2n) is 9.80. The molecule has 176 valence electrons. The van der Waals surface area contributed by atoms with E-state index in [0.717, 1.165) is 43.4 Å². The summed E-state index contributed by atoms with van der Waals surface area (Å²) in [6.07, 6.45) is -0.351. The van der Waals surface area contributed by atoms with Gasteiger partial charge in [0, 0.05) is 12.1 Å². The smallest absolute Gasteiger partial charge is 0.312 e. The molecular formula is C27H31F3N2O. The van der Waals surface area contributed by atoms with Gasteiger partial charge in [-0.3, -0.25) is 9.79 Å². The highest BCUT2D eigenvalue weighted by Gasteiger charge is 2.49. The Hall–Kier alpha value is -2.63. The van der Waals surface area contributed by atoms with Gasteiger partial charge < -0.3 is 4.90 Å². The monoisotopic (exact) mass is 456 g/mol. The number of amides is 1. The summed E-state index contributed by atoms with van der Waals surface area (Å²) in [4.78, 5) is 20.3. The zero-order chi connectivity index (χ0) is 23.8. The van der Waals surface area contributed by atoms with E-state index in [0.29, 0.717) is 24.8 Å². The van der Waals surface area contributed by atoms with Crippen molar-refractivity contribution in [3.05, 3.63) is 70.8 Å². The van der Waals surface area contributed by atoms with Crippen molar-refractivity contribution in [1.82, 2.24) is 4.90 Å². The first kappa shape index (κ1) is 23.5. The second-order valence-corrected chi connectivity index (χ2v) is 9.80. The standard InChI is InChI=1S/C27H31F3N2O/c1-18(2)21-11-14-26(15-12-21)31-24(22-5-4-6-23(17-22)27(28,29)30)25(33)32(26)16-13-20-9-7-19(3)8-10-20/h4-10,17-18,21H,11-16H2,1-3H3. The number of aliphatic imine (C=N–C) groups is 1. The molecule has 4 rings (SSSR count). The summed E-state index contributed by atoms with van der Waals surface area (Å²) in [6.45, 7) is 6.97. The molecule has 1 heterocycles. The lowest BCUT2D eigenvalue weighted by Gasteiger charge is -2.42. The molecule has 0 N–H and O–H groups in total. The Labute approximate surface area is 193 Å². The fraction of sp³-hybridized carbons (Fsp3) is 0.481. The fourth-order valence-electron chi connectivity index (χ4n) is 5.12. The third-order valence-electron chi connectivity index (χ3n) is 7.25. The number of carbonyl (C=O) groups excluding carboxylic acids is 1. The Morgan fingerprint density at radius 1 is 1.09 bits per heavy atom. The van der Waals surface area contributed by atoms with Gasteiger partial charge in [0.2, 0.25) is 0 Å². The largest absolute Gasteiger partial charge is 0.416 e. The molecule has 0 aromatic heterocycles. The lowest BCUT2D eigenvalue weighted by molar-refractivity contribution is -0.137. The van der Waals surface area contributed by atoms with Crippen molar-refractivity contribution in [3.8, 4) is 0 Å². The summed E-state index contributed by atoms with van der Waals surface area (Å²) >= 11 is 0.